The van der Waals surface area contributed by atoms with Crippen LogP contribution in [0, 0.1) is 23.7 Å². The van der Waals surface area contributed by atoms with Gasteiger partial charge in [0.25, 0.3) is 0 Å². The summed E-state index contributed by atoms with van der Waals surface area (Å²) in [5, 5.41) is 12.5. The molecule has 0 bridgehead atoms. The van der Waals surface area contributed by atoms with E-state index in [0.29, 0.717) is 17.8 Å². The quantitative estimate of drug-likeness (QED) is 0.663. The van der Waals surface area contributed by atoms with Gasteiger partial charge in [-0.3, -0.25) is 4.79 Å². The maximum absolute atomic E-state index is 11.1. The van der Waals surface area contributed by atoms with Gasteiger partial charge in [-0.2, -0.15) is 0 Å². The predicted octanol–water partition coefficient (Wildman–Crippen LogP) is 1.12. The molecule has 2 N–H and O–H groups in total. The monoisotopic (exact) mass is 195 g/mol. The standard InChI is InChI=1S/C11H17NO2/c1-2-3-8-9(11(13)14)4-7-5-12-6-10(7)8/h2,7-10,12H,1,3-6H2,(H,13,14). The Morgan fingerprint density at radius 2 is 2.36 bits per heavy atom. The average molecular weight is 195 g/mol. The molecule has 14 heavy (non-hydrogen) atoms. The van der Waals surface area contributed by atoms with Crippen LogP contribution in [0.3, 0.4) is 0 Å². The zero-order valence-corrected chi connectivity index (χ0v) is 8.28. The summed E-state index contributed by atoms with van der Waals surface area (Å²) in [6.45, 7) is 5.71. The molecule has 2 rings (SSSR count). The van der Waals surface area contributed by atoms with E-state index in [1.807, 2.05) is 6.08 Å². The van der Waals surface area contributed by atoms with E-state index in [1.165, 1.54) is 0 Å². The molecule has 4 unspecified atom stereocenters. The van der Waals surface area contributed by atoms with Crippen LogP contribution in [0.4, 0.5) is 0 Å². The number of nitrogens with one attached hydrogen (secondary N) is 1. The zero-order chi connectivity index (χ0) is 10.1. The Balaban J connectivity index is 2.12. The van der Waals surface area contributed by atoms with Crippen LogP contribution in [-0.4, -0.2) is 24.2 Å². The largest absolute Gasteiger partial charge is 0.481 e. The number of carboxylic acid groups (broad SMARTS) is 1. The number of hydrogen-bond acceptors (Lipinski definition) is 2. The second-order valence-electron chi connectivity index (χ2n) is 4.45. The van der Waals surface area contributed by atoms with Crippen LogP contribution in [0.15, 0.2) is 12.7 Å². The summed E-state index contributed by atoms with van der Waals surface area (Å²) >= 11 is 0. The topological polar surface area (TPSA) is 49.3 Å². The molecule has 1 saturated carbocycles. The van der Waals surface area contributed by atoms with Gasteiger partial charge in [0, 0.05) is 0 Å². The first-order chi connectivity index (χ1) is 6.74. The first kappa shape index (κ1) is 9.71. The van der Waals surface area contributed by atoms with E-state index in [9.17, 15) is 4.79 Å². The van der Waals surface area contributed by atoms with Crippen LogP contribution >= 0.6 is 0 Å². The van der Waals surface area contributed by atoms with Gasteiger partial charge in [-0.1, -0.05) is 6.08 Å². The van der Waals surface area contributed by atoms with Gasteiger partial charge in [0.15, 0.2) is 0 Å². The number of hydrogen-bond donors (Lipinski definition) is 2. The molecular formula is C11H17NO2. The number of allylic oxidation sites excluding steroid dienone is 1. The van der Waals surface area contributed by atoms with Crippen LogP contribution < -0.4 is 5.32 Å². The second-order valence-corrected chi connectivity index (χ2v) is 4.45. The SMILES string of the molecule is C=CCC1C(C(=O)O)CC2CNCC21. The van der Waals surface area contributed by atoms with Gasteiger partial charge >= 0.3 is 5.97 Å². The molecule has 0 aromatic carbocycles. The second kappa shape index (κ2) is 3.73. The molecule has 1 aliphatic carbocycles. The molecular weight excluding hydrogens is 178 g/mol. The Kier molecular flexibility index (Phi) is 2.59. The van der Waals surface area contributed by atoms with E-state index in [4.69, 9.17) is 5.11 Å². The molecule has 0 spiro atoms. The summed E-state index contributed by atoms with van der Waals surface area (Å²) in [6.07, 6.45) is 3.56. The van der Waals surface area contributed by atoms with Crippen molar-refractivity contribution in [3.63, 3.8) is 0 Å². The van der Waals surface area contributed by atoms with E-state index in [-0.39, 0.29) is 5.92 Å². The van der Waals surface area contributed by atoms with Crippen LogP contribution in [-0.2, 0) is 4.79 Å². The predicted molar refractivity (Wildman–Crippen MR) is 53.9 cm³/mol. The lowest BCUT2D eigenvalue weighted by Crippen LogP contribution is -2.25. The average Bonchev–Trinajstić information content (AvgIpc) is 2.67. The van der Waals surface area contributed by atoms with Crippen LogP contribution in [0.25, 0.3) is 0 Å². The summed E-state index contributed by atoms with van der Waals surface area (Å²) in [7, 11) is 0. The maximum Gasteiger partial charge on any atom is 0.306 e. The molecule has 3 heteroatoms. The van der Waals surface area contributed by atoms with Crippen LogP contribution in [0.1, 0.15) is 12.8 Å². The Morgan fingerprint density at radius 1 is 1.57 bits per heavy atom. The van der Waals surface area contributed by atoms with Crippen molar-refractivity contribution in [2.45, 2.75) is 12.8 Å². The Bertz CT molecular complexity index is 252. The van der Waals surface area contributed by atoms with Crippen molar-refractivity contribution in [2.75, 3.05) is 13.1 Å². The molecule has 0 aromatic heterocycles. The molecule has 1 aliphatic heterocycles. The molecule has 0 radical (unpaired) electrons. The number of carboxylic acids is 1. The van der Waals surface area contributed by atoms with Gasteiger partial charge in [-0.15, -0.1) is 6.58 Å². The van der Waals surface area contributed by atoms with Crippen molar-refractivity contribution in [2.24, 2.45) is 23.7 Å². The lowest BCUT2D eigenvalue weighted by molar-refractivity contribution is -0.143. The lowest BCUT2D eigenvalue weighted by atomic mass is 9.86. The highest BCUT2D eigenvalue weighted by Gasteiger charge is 2.47. The fourth-order valence-corrected chi connectivity index (χ4v) is 3.13. The van der Waals surface area contributed by atoms with Crippen molar-refractivity contribution in [3.8, 4) is 0 Å². The Hall–Kier alpha value is -0.830. The molecule has 1 heterocycles. The Morgan fingerprint density at radius 3 is 3.00 bits per heavy atom. The molecule has 78 valence electrons. The molecule has 0 amide bonds. The molecule has 2 fully saturated rings. The highest BCUT2D eigenvalue weighted by molar-refractivity contribution is 5.71. The normalized spacial score (nSPS) is 40.9. The highest BCUT2D eigenvalue weighted by atomic mass is 16.4. The Labute approximate surface area is 84.2 Å². The minimum Gasteiger partial charge on any atom is -0.481 e. The van der Waals surface area contributed by atoms with Gasteiger partial charge in [-0.25, -0.2) is 0 Å². The number of aliphatic carboxylic acids is 1. The number of fused-ring (bicyclic) bond motifs is 1. The summed E-state index contributed by atoms with van der Waals surface area (Å²) < 4.78 is 0. The minimum absolute atomic E-state index is 0.134. The van der Waals surface area contributed by atoms with Crippen molar-refractivity contribution < 1.29 is 9.90 Å². The van der Waals surface area contributed by atoms with Crippen LogP contribution in [0.5, 0.6) is 0 Å². The van der Waals surface area contributed by atoms with E-state index in [1.54, 1.807) is 0 Å². The molecule has 1 saturated heterocycles. The third-order valence-electron chi connectivity index (χ3n) is 3.77. The summed E-state index contributed by atoms with van der Waals surface area (Å²) in [6, 6.07) is 0. The van der Waals surface area contributed by atoms with Crippen molar-refractivity contribution >= 4 is 5.97 Å². The lowest BCUT2D eigenvalue weighted by Gasteiger charge is -2.19. The smallest absolute Gasteiger partial charge is 0.306 e. The third-order valence-corrected chi connectivity index (χ3v) is 3.77. The van der Waals surface area contributed by atoms with Crippen molar-refractivity contribution in [3.05, 3.63) is 12.7 Å². The highest BCUT2D eigenvalue weighted by Crippen LogP contribution is 2.45. The van der Waals surface area contributed by atoms with Crippen molar-refractivity contribution in [1.29, 1.82) is 0 Å². The third kappa shape index (κ3) is 1.46. The molecule has 3 nitrogen and oxygen atoms in total. The fourth-order valence-electron chi connectivity index (χ4n) is 3.13. The van der Waals surface area contributed by atoms with Gasteiger partial charge < -0.3 is 10.4 Å². The molecule has 2 aliphatic rings. The number of carbonyl (C=O) groups is 1. The summed E-state index contributed by atoms with van der Waals surface area (Å²) in [4.78, 5) is 11.1. The van der Waals surface area contributed by atoms with E-state index >= 15 is 0 Å². The first-order valence-electron chi connectivity index (χ1n) is 5.28. The summed E-state index contributed by atoms with van der Waals surface area (Å²) in [5.74, 6) is 0.705. The first-order valence-corrected chi connectivity index (χ1v) is 5.28. The van der Waals surface area contributed by atoms with Gasteiger partial charge in [0.05, 0.1) is 5.92 Å². The maximum atomic E-state index is 11.1. The summed E-state index contributed by atoms with van der Waals surface area (Å²) in [5.41, 5.74) is 0. The van der Waals surface area contributed by atoms with Gasteiger partial charge in [0.2, 0.25) is 0 Å². The number of rotatable bonds is 3. The zero-order valence-electron chi connectivity index (χ0n) is 8.28. The fraction of sp³-hybridized carbons (Fsp3) is 0.727. The van der Waals surface area contributed by atoms with Crippen LogP contribution in [0.2, 0.25) is 0 Å². The van der Waals surface area contributed by atoms with Gasteiger partial charge in [0.1, 0.15) is 0 Å². The van der Waals surface area contributed by atoms with E-state index < -0.39 is 5.97 Å². The van der Waals surface area contributed by atoms with E-state index in [0.717, 1.165) is 25.9 Å². The van der Waals surface area contributed by atoms with Crippen molar-refractivity contribution in [1.82, 2.24) is 5.32 Å². The van der Waals surface area contributed by atoms with Gasteiger partial charge in [-0.05, 0) is 43.7 Å². The molecule has 4 atom stereocenters. The minimum atomic E-state index is -0.619. The molecule has 0 aromatic rings. The van der Waals surface area contributed by atoms with E-state index in [2.05, 4.69) is 11.9 Å².